The zero-order valence-corrected chi connectivity index (χ0v) is 25.4. The highest BCUT2D eigenvalue weighted by molar-refractivity contribution is 7.91. The minimum absolute atomic E-state index is 0.0320. The maximum atomic E-state index is 14.2. The summed E-state index contributed by atoms with van der Waals surface area (Å²) in [6, 6.07) is 2.19. The van der Waals surface area contributed by atoms with Crippen molar-refractivity contribution in [3.05, 3.63) is 16.5 Å². The Morgan fingerprint density at radius 1 is 1.36 bits per heavy atom. The van der Waals surface area contributed by atoms with Crippen molar-refractivity contribution in [3.8, 4) is 6.07 Å². The average Bonchev–Trinajstić information content (AvgIpc) is 3.35. The highest BCUT2D eigenvalue weighted by Crippen LogP contribution is 2.65. The molecule has 214 valence electrons. The second-order valence-electron chi connectivity index (χ2n) is 12.4. The third-order valence-corrected chi connectivity index (χ3v) is 12.0. The first-order valence-electron chi connectivity index (χ1n) is 13.0. The summed E-state index contributed by atoms with van der Waals surface area (Å²) in [5, 5.41) is 15.3. The number of nitrogens with zero attached hydrogens (tertiary/aromatic N) is 3. The quantitative estimate of drug-likeness (QED) is 0.472. The van der Waals surface area contributed by atoms with Crippen molar-refractivity contribution in [1.29, 1.82) is 5.26 Å². The summed E-state index contributed by atoms with van der Waals surface area (Å²) in [6.45, 7) is 10.3. The molecule has 2 aliphatic heterocycles. The molecule has 0 aromatic carbocycles. The molecule has 0 spiro atoms. The number of rotatable bonds is 8. The van der Waals surface area contributed by atoms with Gasteiger partial charge in [0.25, 0.3) is 10.0 Å². The molecule has 4 rings (SSSR count). The number of nitriles is 1. The van der Waals surface area contributed by atoms with Crippen molar-refractivity contribution in [1.82, 2.24) is 19.8 Å². The molecule has 39 heavy (non-hydrogen) atoms. The summed E-state index contributed by atoms with van der Waals surface area (Å²) in [5.41, 5.74) is -0.969. The van der Waals surface area contributed by atoms with Gasteiger partial charge in [0.15, 0.2) is 0 Å². The third-order valence-electron chi connectivity index (χ3n) is 8.52. The molecule has 1 aromatic heterocycles. The Morgan fingerprint density at radius 3 is 2.54 bits per heavy atom. The number of likely N-dealkylation sites (N-methyl/N-ethyl adjacent to an activating group) is 1. The number of hydrogen-bond donors (Lipinski definition) is 2. The van der Waals surface area contributed by atoms with Crippen LogP contribution in [-0.4, -0.2) is 73.6 Å². The third kappa shape index (κ3) is 5.43. The van der Waals surface area contributed by atoms with Crippen LogP contribution in [0.15, 0.2) is 16.3 Å². The predicted molar refractivity (Wildman–Crippen MR) is 147 cm³/mol. The van der Waals surface area contributed by atoms with Gasteiger partial charge in [0.2, 0.25) is 17.7 Å². The smallest absolute Gasteiger partial charge is 0.253 e. The van der Waals surface area contributed by atoms with Crippen molar-refractivity contribution < 1.29 is 22.8 Å². The van der Waals surface area contributed by atoms with Crippen LogP contribution >= 0.6 is 22.9 Å². The van der Waals surface area contributed by atoms with Crippen LogP contribution in [0.2, 0.25) is 4.34 Å². The van der Waals surface area contributed by atoms with E-state index < -0.39 is 45.4 Å². The number of thiophene rings is 1. The second-order valence-corrected chi connectivity index (χ2v) is 16.4. The first-order valence-corrected chi connectivity index (χ1v) is 15.7. The molecule has 0 radical (unpaired) electrons. The molecule has 6 atom stereocenters. The number of fused-ring (bicyclic) bond motifs is 1. The summed E-state index contributed by atoms with van der Waals surface area (Å²) >= 11 is 6.91. The minimum atomic E-state index is -4.04. The number of hydrogen-bond acceptors (Lipinski definition) is 7. The van der Waals surface area contributed by atoms with Gasteiger partial charge in [-0.15, -0.1) is 11.3 Å². The Bertz CT molecular complexity index is 1310. The average molecular weight is 598 g/mol. The van der Waals surface area contributed by atoms with Crippen LogP contribution in [0, 0.1) is 39.9 Å². The largest absolute Gasteiger partial charge is 0.356 e. The second kappa shape index (κ2) is 10.3. The van der Waals surface area contributed by atoms with E-state index in [9.17, 15) is 28.1 Å². The number of nitrogens with one attached hydrogen (secondary N) is 2. The molecule has 2 N–H and O–H groups in total. The molecule has 0 bridgehead atoms. The van der Waals surface area contributed by atoms with Gasteiger partial charge in [0, 0.05) is 26.1 Å². The fourth-order valence-corrected chi connectivity index (χ4v) is 9.48. The zero-order valence-electron chi connectivity index (χ0n) is 23.0. The lowest BCUT2D eigenvalue weighted by atomic mass is 9.85. The Morgan fingerprint density at radius 2 is 2.03 bits per heavy atom. The molecular formula is C26H36ClN5O5S2. The Hall–Kier alpha value is -2.20. The number of carbonyl (C=O) groups excluding carboxylic acids is 3. The summed E-state index contributed by atoms with van der Waals surface area (Å²) in [6.07, 6.45) is 0.795. The van der Waals surface area contributed by atoms with E-state index in [4.69, 9.17) is 11.6 Å². The van der Waals surface area contributed by atoms with E-state index in [1.54, 1.807) is 20.8 Å². The van der Waals surface area contributed by atoms with Gasteiger partial charge in [-0.2, -0.15) is 9.57 Å². The Labute approximate surface area is 239 Å². The van der Waals surface area contributed by atoms with Crippen molar-refractivity contribution in [2.75, 3.05) is 20.1 Å². The molecule has 1 aromatic rings. The Kier molecular flexibility index (Phi) is 7.88. The molecule has 1 saturated carbocycles. The number of piperidine rings is 1. The van der Waals surface area contributed by atoms with E-state index in [1.807, 2.05) is 13.8 Å². The maximum absolute atomic E-state index is 14.2. The first kappa shape index (κ1) is 29.8. The minimum Gasteiger partial charge on any atom is -0.356 e. The van der Waals surface area contributed by atoms with E-state index >= 15 is 0 Å². The van der Waals surface area contributed by atoms with Gasteiger partial charge in [-0.3, -0.25) is 14.4 Å². The van der Waals surface area contributed by atoms with Crippen LogP contribution < -0.4 is 10.6 Å². The molecule has 3 fully saturated rings. The van der Waals surface area contributed by atoms with Crippen molar-refractivity contribution in [3.63, 3.8) is 0 Å². The number of amides is 3. The van der Waals surface area contributed by atoms with Crippen LogP contribution in [0.5, 0.6) is 0 Å². The maximum Gasteiger partial charge on any atom is 0.253 e. The van der Waals surface area contributed by atoms with Crippen molar-refractivity contribution in [2.45, 2.75) is 69.8 Å². The van der Waals surface area contributed by atoms with Crippen LogP contribution in [0.3, 0.4) is 0 Å². The molecule has 3 aliphatic rings. The highest BCUT2D eigenvalue weighted by atomic mass is 35.5. The topological polar surface area (TPSA) is 140 Å². The lowest BCUT2D eigenvalue weighted by Crippen LogP contribution is -2.60. The first-order chi connectivity index (χ1) is 18.0. The van der Waals surface area contributed by atoms with Crippen LogP contribution in [-0.2, 0) is 24.4 Å². The van der Waals surface area contributed by atoms with E-state index in [-0.39, 0.29) is 39.7 Å². The summed E-state index contributed by atoms with van der Waals surface area (Å²) in [7, 11) is -2.66. The van der Waals surface area contributed by atoms with Crippen molar-refractivity contribution in [2.24, 2.45) is 28.6 Å². The molecule has 3 amide bonds. The van der Waals surface area contributed by atoms with Gasteiger partial charge in [-0.25, -0.2) is 8.42 Å². The number of likely N-dealkylation sites (tertiary alicyclic amines) is 1. The van der Waals surface area contributed by atoms with Crippen LogP contribution in [0.1, 0.15) is 47.5 Å². The van der Waals surface area contributed by atoms with E-state index in [2.05, 4.69) is 16.7 Å². The van der Waals surface area contributed by atoms with Gasteiger partial charge < -0.3 is 15.5 Å². The standard InChI is InChI=1S/C26H36ClN5O5S2/c1-25(2,3)21(31(6)39(36,37)18-8-7-17(27)38-18)24(35)32-13-16-19(26(16,4)5)20(32)23(34)30-15(12-28)11-14-9-10-29-22(14)33/h7-8,14-16,19-21H,9-11,13H2,1-6H3,(H,29,33)(H,30,34)/t14-,15-,16-,19?,20-,21?/m0/s1. The predicted octanol–water partition coefficient (Wildman–Crippen LogP) is 2.45. The van der Waals surface area contributed by atoms with Crippen LogP contribution in [0.4, 0.5) is 0 Å². The zero-order chi connectivity index (χ0) is 29.1. The highest BCUT2D eigenvalue weighted by Gasteiger charge is 2.70. The summed E-state index contributed by atoms with van der Waals surface area (Å²) < 4.78 is 28.4. The lowest BCUT2D eigenvalue weighted by molar-refractivity contribution is -0.145. The molecular weight excluding hydrogens is 562 g/mol. The normalized spacial score (nSPS) is 27.5. The van der Waals surface area contributed by atoms with Gasteiger partial charge in [-0.1, -0.05) is 46.2 Å². The molecule has 3 heterocycles. The molecule has 1 aliphatic carbocycles. The fraction of sp³-hybridized carbons (Fsp3) is 0.692. The number of carbonyl (C=O) groups is 3. The summed E-state index contributed by atoms with van der Waals surface area (Å²) in [5.74, 6) is -1.42. The summed E-state index contributed by atoms with van der Waals surface area (Å²) in [4.78, 5) is 41.4. The molecule has 13 heteroatoms. The number of halogens is 1. The van der Waals surface area contributed by atoms with Crippen molar-refractivity contribution >= 4 is 50.7 Å². The van der Waals surface area contributed by atoms with Gasteiger partial charge >= 0.3 is 0 Å². The molecule has 2 unspecified atom stereocenters. The molecule has 2 saturated heterocycles. The van der Waals surface area contributed by atoms with Gasteiger partial charge in [0.05, 0.1) is 10.4 Å². The monoisotopic (exact) mass is 597 g/mol. The van der Waals surface area contributed by atoms with E-state index in [0.717, 1.165) is 15.6 Å². The number of sulfonamides is 1. The Balaban J connectivity index is 1.60. The van der Waals surface area contributed by atoms with Gasteiger partial charge in [-0.05, 0) is 47.6 Å². The van der Waals surface area contributed by atoms with Crippen LogP contribution in [0.25, 0.3) is 0 Å². The van der Waals surface area contributed by atoms with E-state index in [0.29, 0.717) is 23.8 Å². The van der Waals surface area contributed by atoms with Gasteiger partial charge in [0.1, 0.15) is 22.3 Å². The fourth-order valence-electron chi connectivity index (χ4n) is 6.31. The lowest BCUT2D eigenvalue weighted by Gasteiger charge is -2.40. The SMILES string of the molecule is CN(C(C(=O)N1C[C@H]2C([C@H]1C(=O)N[C@H](C#N)C[C@@H]1CCNC1=O)C2(C)C)C(C)(C)C)S(=O)(=O)c1ccc(Cl)s1. The molecule has 10 nitrogen and oxygen atoms in total. The van der Waals surface area contributed by atoms with E-state index in [1.165, 1.54) is 24.1 Å².